The summed E-state index contributed by atoms with van der Waals surface area (Å²) in [6.07, 6.45) is 10.1. The second-order valence-corrected chi connectivity index (χ2v) is 9.08. The van der Waals surface area contributed by atoms with Crippen LogP contribution in [0.2, 0.25) is 0 Å². The maximum absolute atomic E-state index is 5.02. The fraction of sp³-hybridized carbons (Fsp3) is 0.346. The van der Waals surface area contributed by atoms with Gasteiger partial charge in [0, 0.05) is 42.2 Å². The molecule has 0 unspecified atom stereocenters. The zero-order chi connectivity index (χ0) is 22.7. The van der Waals surface area contributed by atoms with E-state index in [-0.39, 0.29) is 0 Å². The Morgan fingerprint density at radius 1 is 1.03 bits per heavy atom. The molecule has 1 aliphatic carbocycles. The number of fused-ring (bicyclic) bond motifs is 2. The Kier molecular flexibility index (Phi) is 4.54. The summed E-state index contributed by atoms with van der Waals surface area (Å²) in [6, 6.07) is 6.37. The van der Waals surface area contributed by atoms with E-state index in [0.29, 0.717) is 5.92 Å². The summed E-state index contributed by atoms with van der Waals surface area (Å²) in [4.78, 5) is 19.1. The molecule has 1 aliphatic rings. The number of pyridine rings is 3. The summed E-state index contributed by atoms with van der Waals surface area (Å²) in [5, 5.41) is 5.78. The Balaban J connectivity index is 1.57. The molecule has 7 nitrogen and oxygen atoms in total. The molecule has 5 heterocycles. The van der Waals surface area contributed by atoms with Crippen LogP contribution in [-0.2, 0) is 13.5 Å². The highest BCUT2D eigenvalue weighted by Crippen LogP contribution is 2.44. The van der Waals surface area contributed by atoms with Crippen LogP contribution < -0.4 is 0 Å². The minimum atomic E-state index is 0.625. The largest absolute Gasteiger partial charge is 0.331 e. The third kappa shape index (κ3) is 3.22. The van der Waals surface area contributed by atoms with E-state index in [0.717, 1.165) is 69.1 Å². The molecular weight excluding hydrogens is 410 g/mol. The molecule has 166 valence electrons. The van der Waals surface area contributed by atoms with E-state index in [4.69, 9.17) is 20.1 Å². The molecule has 0 amide bonds. The van der Waals surface area contributed by atoms with Crippen molar-refractivity contribution >= 4 is 21.9 Å². The van der Waals surface area contributed by atoms with Crippen molar-refractivity contribution in [3.05, 3.63) is 59.6 Å². The van der Waals surface area contributed by atoms with Crippen molar-refractivity contribution < 1.29 is 0 Å². The van der Waals surface area contributed by atoms with E-state index in [1.165, 1.54) is 18.4 Å². The van der Waals surface area contributed by atoms with Gasteiger partial charge in [-0.15, -0.1) is 0 Å². The Labute approximate surface area is 192 Å². The van der Waals surface area contributed by atoms with Gasteiger partial charge in [-0.25, -0.2) is 14.6 Å². The molecule has 1 saturated carbocycles. The standard InChI is InChI=1S/C26H27N7/c1-5-6-21-26-24(32(4)16(3)30-26)12-25(31-21)33-23-11-22(29-15(2)19(23)14-28-33)20-13-27-10-9-18(20)17-7-8-17/h9-14,17H,5-8H2,1-4H3. The van der Waals surface area contributed by atoms with Crippen LogP contribution in [0.15, 0.2) is 36.8 Å². The first kappa shape index (κ1) is 20.0. The van der Waals surface area contributed by atoms with Crippen LogP contribution >= 0.6 is 0 Å². The van der Waals surface area contributed by atoms with Crippen molar-refractivity contribution in [1.29, 1.82) is 0 Å². The summed E-state index contributed by atoms with van der Waals surface area (Å²) in [7, 11) is 2.05. The maximum Gasteiger partial charge on any atom is 0.156 e. The van der Waals surface area contributed by atoms with Gasteiger partial charge in [0.25, 0.3) is 0 Å². The van der Waals surface area contributed by atoms with E-state index in [1.54, 1.807) is 0 Å². The number of imidazole rings is 1. The maximum atomic E-state index is 5.02. The van der Waals surface area contributed by atoms with Crippen molar-refractivity contribution in [2.24, 2.45) is 7.05 Å². The van der Waals surface area contributed by atoms with Gasteiger partial charge in [-0.3, -0.25) is 9.97 Å². The fourth-order valence-electron chi connectivity index (χ4n) is 4.74. The van der Waals surface area contributed by atoms with Gasteiger partial charge in [0.05, 0.1) is 28.6 Å². The Morgan fingerprint density at radius 3 is 2.67 bits per heavy atom. The molecular formula is C26H27N7. The zero-order valence-corrected chi connectivity index (χ0v) is 19.5. The molecule has 0 radical (unpaired) electrons. The minimum Gasteiger partial charge on any atom is -0.331 e. The molecule has 5 aromatic rings. The van der Waals surface area contributed by atoms with Crippen LogP contribution in [-0.4, -0.2) is 34.3 Å². The first-order valence-corrected chi connectivity index (χ1v) is 11.7. The fourth-order valence-corrected chi connectivity index (χ4v) is 4.74. The predicted molar refractivity (Wildman–Crippen MR) is 130 cm³/mol. The summed E-state index contributed by atoms with van der Waals surface area (Å²) < 4.78 is 4.07. The van der Waals surface area contributed by atoms with Crippen LogP contribution in [0.1, 0.15) is 54.9 Å². The Bertz CT molecular complexity index is 1520. The lowest BCUT2D eigenvalue weighted by molar-refractivity contribution is 0.835. The van der Waals surface area contributed by atoms with Gasteiger partial charge >= 0.3 is 0 Å². The Morgan fingerprint density at radius 2 is 1.88 bits per heavy atom. The van der Waals surface area contributed by atoms with Gasteiger partial charge in [0.2, 0.25) is 0 Å². The van der Waals surface area contributed by atoms with Crippen molar-refractivity contribution in [2.45, 2.75) is 52.4 Å². The van der Waals surface area contributed by atoms with Gasteiger partial charge in [-0.05, 0) is 56.7 Å². The van der Waals surface area contributed by atoms with Gasteiger partial charge in [0.15, 0.2) is 5.82 Å². The van der Waals surface area contributed by atoms with Crippen LogP contribution in [0.25, 0.3) is 39.0 Å². The topological polar surface area (TPSA) is 74.3 Å². The average Bonchev–Trinajstić information content (AvgIpc) is 3.51. The number of nitrogens with zero attached hydrogens (tertiary/aromatic N) is 7. The quantitative estimate of drug-likeness (QED) is 0.377. The summed E-state index contributed by atoms with van der Waals surface area (Å²) in [5.74, 6) is 2.42. The lowest BCUT2D eigenvalue weighted by Gasteiger charge is -2.11. The van der Waals surface area contributed by atoms with Crippen LogP contribution in [0, 0.1) is 13.8 Å². The van der Waals surface area contributed by atoms with E-state index in [2.05, 4.69) is 48.6 Å². The molecule has 6 rings (SSSR count). The highest BCUT2D eigenvalue weighted by molar-refractivity contribution is 5.87. The molecule has 0 saturated heterocycles. The average molecular weight is 438 g/mol. The first-order chi connectivity index (χ1) is 16.0. The molecule has 0 bridgehead atoms. The van der Waals surface area contributed by atoms with E-state index < -0.39 is 0 Å². The Hall–Kier alpha value is -3.61. The predicted octanol–water partition coefficient (Wildman–Crippen LogP) is 5.21. The van der Waals surface area contributed by atoms with Gasteiger partial charge in [0.1, 0.15) is 11.3 Å². The van der Waals surface area contributed by atoms with E-state index in [9.17, 15) is 0 Å². The van der Waals surface area contributed by atoms with Gasteiger partial charge < -0.3 is 4.57 Å². The van der Waals surface area contributed by atoms with Crippen LogP contribution in [0.3, 0.4) is 0 Å². The number of aryl methyl sites for hydroxylation is 4. The summed E-state index contributed by atoms with van der Waals surface area (Å²) in [6.45, 7) is 6.26. The second-order valence-electron chi connectivity index (χ2n) is 9.08. The van der Waals surface area contributed by atoms with E-state index >= 15 is 0 Å². The zero-order valence-electron chi connectivity index (χ0n) is 19.5. The third-order valence-electron chi connectivity index (χ3n) is 6.76. The molecule has 0 aromatic carbocycles. The normalized spacial score (nSPS) is 13.9. The van der Waals surface area contributed by atoms with Crippen molar-refractivity contribution in [2.75, 3.05) is 0 Å². The van der Waals surface area contributed by atoms with Gasteiger partial charge in [-0.1, -0.05) is 13.3 Å². The van der Waals surface area contributed by atoms with Crippen LogP contribution in [0.5, 0.6) is 0 Å². The third-order valence-corrected chi connectivity index (χ3v) is 6.76. The monoisotopic (exact) mass is 437 g/mol. The lowest BCUT2D eigenvalue weighted by atomic mass is 10.0. The first-order valence-electron chi connectivity index (χ1n) is 11.7. The molecule has 0 spiro atoms. The second kappa shape index (κ2) is 7.47. The number of aromatic nitrogens is 7. The summed E-state index contributed by atoms with van der Waals surface area (Å²) in [5.41, 5.74) is 8.47. The molecule has 7 heteroatoms. The van der Waals surface area contributed by atoms with Crippen molar-refractivity contribution in [1.82, 2.24) is 34.3 Å². The lowest BCUT2D eigenvalue weighted by Crippen LogP contribution is -2.04. The summed E-state index contributed by atoms with van der Waals surface area (Å²) >= 11 is 0. The number of rotatable bonds is 5. The van der Waals surface area contributed by atoms with Crippen molar-refractivity contribution in [3.63, 3.8) is 0 Å². The molecule has 33 heavy (non-hydrogen) atoms. The molecule has 0 atom stereocenters. The molecule has 1 fully saturated rings. The minimum absolute atomic E-state index is 0.625. The highest BCUT2D eigenvalue weighted by atomic mass is 15.3. The number of hydrogen-bond acceptors (Lipinski definition) is 5. The van der Waals surface area contributed by atoms with E-state index in [1.807, 2.05) is 30.2 Å². The SMILES string of the molecule is CCCc1nc(-n2ncc3c(C)nc(-c4cnccc4C4CC4)cc32)cc2c1nc(C)n2C. The van der Waals surface area contributed by atoms with Crippen LogP contribution in [0.4, 0.5) is 0 Å². The van der Waals surface area contributed by atoms with Crippen molar-refractivity contribution in [3.8, 4) is 17.1 Å². The molecule has 0 aliphatic heterocycles. The van der Waals surface area contributed by atoms with Gasteiger partial charge in [-0.2, -0.15) is 5.10 Å². The molecule has 5 aromatic heterocycles. The molecule has 0 N–H and O–H groups in total. The number of hydrogen-bond donors (Lipinski definition) is 0. The smallest absolute Gasteiger partial charge is 0.156 e. The highest BCUT2D eigenvalue weighted by Gasteiger charge is 2.27.